The molecule has 0 aliphatic carbocycles. The number of hydrogen-bond donors (Lipinski definition) is 3. The van der Waals surface area contributed by atoms with Gasteiger partial charge in [0.15, 0.2) is 12.2 Å². The van der Waals surface area contributed by atoms with Crippen molar-refractivity contribution in [3.63, 3.8) is 0 Å². The lowest BCUT2D eigenvalue weighted by atomic mass is 10.0. The molecule has 0 aliphatic heterocycles. The Kier molecular flexibility index (Phi) is 66.2. The van der Waals surface area contributed by atoms with E-state index in [1.807, 2.05) is 0 Å². The minimum atomic E-state index is -4.96. The van der Waals surface area contributed by atoms with Crippen LogP contribution in [0.1, 0.15) is 395 Å². The number of aliphatic hydroxyl groups is 1. The quantitative estimate of drug-likeness (QED) is 0.0222. The maximum absolute atomic E-state index is 13.1. The third-order valence-electron chi connectivity index (χ3n) is 17.9. The Hall–Kier alpha value is -1.94. The molecule has 0 aromatic carbocycles. The molecule has 17 nitrogen and oxygen atoms in total. The van der Waals surface area contributed by atoms with Gasteiger partial charge in [-0.25, -0.2) is 9.13 Å². The number of hydrogen-bond acceptors (Lipinski definition) is 15. The number of phosphoric acid groups is 2. The summed E-state index contributed by atoms with van der Waals surface area (Å²) in [5.41, 5.74) is 0. The smallest absolute Gasteiger partial charge is 0.462 e. The molecular formula is C77H150O17P2. The van der Waals surface area contributed by atoms with Crippen molar-refractivity contribution in [2.75, 3.05) is 39.6 Å². The molecule has 5 atom stereocenters. The fourth-order valence-electron chi connectivity index (χ4n) is 11.8. The summed E-state index contributed by atoms with van der Waals surface area (Å²) in [7, 11) is -9.92. The highest BCUT2D eigenvalue weighted by atomic mass is 31.2. The average Bonchev–Trinajstić information content (AvgIpc) is 1.22. The third-order valence-corrected chi connectivity index (χ3v) is 19.8. The van der Waals surface area contributed by atoms with E-state index in [0.717, 1.165) is 108 Å². The van der Waals surface area contributed by atoms with Crippen LogP contribution < -0.4 is 0 Å². The van der Waals surface area contributed by atoms with Crippen molar-refractivity contribution in [1.82, 2.24) is 0 Å². The van der Waals surface area contributed by atoms with Crippen LogP contribution in [0.15, 0.2) is 0 Å². The van der Waals surface area contributed by atoms with E-state index >= 15 is 0 Å². The van der Waals surface area contributed by atoms with Gasteiger partial charge in [0.1, 0.15) is 19.3 Å². The second-order valence-corrected chi connectivity index (χ2v) is 32.1. The number of unbranched alkanes of at least 4 members (excludes halogenated alkanes) is 43. The Bertz CT molecular complexity index is 1870. The minimum Gasteiger partial charge on any atom is -0.462 e. The lowest BCUT2D eigenvalue weighted by molar-refractivity contribution is -0.161. The second-order valence-electron chi connectivity index (χ2n) is 29.2. The van der Waals surface area contributed by atoms with E-state index in [4.69, 9.17) is 37.0 Å². The van der Waals surface area contributed by atoms with Gasteiger partial charge in [-0.1, -0.05) is 344 Å². The van der Waals surface area contributed by atoms with Crippen molar-refractivity contribution in [2.45, 2.75) is 414 Å². The van der Waals surface area contributed by atoms with E-state index in [1.54, 1.807) is 0 Å². The van der Waals surface area contributed by atoms with Gasteiger partial charge in [0.25, 0.3) is 0 Å². The number of phosphoric ester groups is 2. The normalized spacial score (nSPS) is 14.1. The molecule has 2 unspecified atom stereocenters. The van der Waals surface area contributed by atoms with Gasteiger partial charge in [-0.05, 0) is 43.4 Å². The Morgan fingerprint density at radius 1 is 0.281 bits per heavy atom. The standard InChI is InChI=1S/C77H150O17P2/c1-8-9-10-11-12-13-14-15-18-23-31-39-46-53-60-76(81)94-73(65-88-75(80)59-52-45-38-33-26-29-36-43-50-57-70(6)7)67-92-96(85,86)90-63-71(78)62-89-95(83,84)91-66-72(64-87-74(79)58-51-44-37-30-25-20-22-28-35-42-49-56-69(4)5)93-77(82)61-54-47-40-32-24-19-16-17-21-27-34-41-48-55-68(2)3/h68-73,78H,8-67H2,1-7H3,(H,83,84)(H,85,86)/t71-,72-,73-/m1/s1. The van der Waals surface area contributed by atoms with Gasteiger partial charge in [0, 0.05) is 25.7 Å². The number of esters is 4. The van der Waals surface area contributed by atoms with Crippen LogP contribution in [-0.2, 0) is 65.4 Å². The molecule has 0 aromatic rings. The highest BCUT2D eigenvalue weighted by molar-refractivity contribution is 7.47. The molecule has 0 saturated carbocycles. The first-order valence-corrected chi connectivity index (χ1v) is 42.8. The highest BCUT2D eigenvalue weighted by Crippen LogP contribution is 2.45. The van der Waals surface area contributed by atoms with E-state index in [1.165, 1.54) is 205 Å². The fraction of sp³-hybridized carbons (Fsp3) is 0.948. The first kappa shape index (κ1) is 94.1. The molecule has 570 valence electrons. The summed E-state index contributed by atoms with van der Waals surface area (Å²) in [6, 6.07) is 0. The highest BCUT2D eigenvalue weighted by Gasteiger charge is 2.30. The number of carbonyl (C=O) groups is 4. The van der Waals surface area contributed by atoms with Crippen LogP contribution in [0.5, 0.6) is 0 Å². The molecule has 0 saturated heterocycles. The van der Waals surface area contributed by atoms with Crippen LogP contribution in [-0.4, -0.2) is 96.7 Å². The number of ether oxygens (including phenoxy) is 4. The topological polar surface area (TPSA) is 237 Å². The lowest BCUT2D eigenvalue weighted by Crippen LogP contribution is -2.30. The van der Waals surface area contributed by atoms with Crippen LogP contribution in [0.4, 0.5) is 0 Å². The Morgan fingerprint density at radius 2 is 0.479 bits per heavy atom. The second kappa shape index (κ2) is 67.5. The summed E-state index contributed by atoms with van der Waals surface area (Å²) >= 11 is 0. The van der Waals surface area contributed by atoms with Gasteiger partial charge >= 0.3 is 39.5 Å². The van der Waals surface area contributed by atoms with Crippen molar-refractivity contribution >= 4 is 39.5 Å². The first-order chi connectivity index (χ1) is 46.2. The van der Waals surface area contributed by atoms with Gasteiger partial charge in [0.05, 0.1) is 26.4 Å². The number of carbonyl (C=O) groups excluding carboxylic acids is 4. The zero-order valence-electron chi connectivity index (χ0n) is 62.8. The van der Waals surface area contributed by atoms with Crippen molar-refractivity contribution in [3.05, 3.63) is 0 Å². The van der Waals surface area contributed by atoms with Gasteiger partial charge < -0.3 is 33.8 Å². The molecule has 0 fully saturated rings. The summed E-state index contributed by atoms with van der Waals surface area (Å²) in [6.45, 7) is 11.9. The van der Waals surface area contributed by atoms with Crippen molar-refractivity contribution in [3.8, 4) is 0 Å². The third kappa shape index (κ3) is 70.5. The number of rotatable bonds is 75. The molecule has 3 N–H and O–H groups in total. The molecule has 96 heavy (non-hydrogen) atoms. The maximum atomic E-state index is 13.1. The zero-order valence-corrected chi connectivity index (χ0v) is 64.6. The molecule has 0 aliphatic rings. The van der Waals surface area contributed by atoms with Gasteiger partial charge in [0.2, 0.25) is 0 Å². The molecule has 0 rings (SSSR count). The molecule has 0 bridgehead atoms. The minimum absolute atomic E-state index is 0.107. The van der Waals surface area contributed by atoms with E-state index < -0.39 is 97.5 Å². The van der Waals surface area contributed by atoms with Gasteiger partial charge in [-0.15, -0.1) is 0 Å². The molecule has 0 aromatic heterocycles. The number of aliphatic hydroxyl groups excluding tert-OH is 1. The Morgan fingerprint density at radius 3 is 0.708 bits per heavy atom. The van der Waals surface area contributed by atoms with Crippen LogP contribution in [0.3, 0.4) is 0 Å². The van der Waals surface area contributed by atoms with Crippen molar-refractivity contribution in [2.24, 2.45) is 17.8 Å². The Labute approximate surface area is 588 Å². The van der Waals surface area contributed by atoms with Crippen LogP contribution >= 0.6 is 15.6 Å². The van der Waals surface area contributed by atoms with Crippen LogP contribution in [0.25, 0.3) is 0 Å². The summed E-state index contributed by atoms with van der Waals surface area (Å²) in [6.07, 6.45) is 54.0. The molecule has 0 spiro atoms. The van der Waals surface area contributed by atoms with Crippen LogP contribution in [0, 0.1) is 17.8 Å². The largest absolute Gasteiger partial charge is 0.472 e. The monoisotopic (exact) mass is 1410 g/mol. The zero-order chi connectivity index (χ0) is 70.9. The summed E-state index contributed by atoms with van der Waals surface area (Å²) < 4.78 is 68.6. The maximum Gasteiger partial charge on any atom is 0.472 e. The summed E-state index contributed by atoms with van der Waals surface area (Å²) in [4.78, 5) is 72.9. The van der Waals surface area contributed by atoms with E-state index in [2.05, 4.69) is 48.5 Å². The Balaban J connectivity index is 5.27. The average molecular weight is 1410 g/mol. The molecule has 19 heteroatoms. The summed E-state index contributed by atoms with van der Waals surface area (Å²) in [5.74, 6) is 0.187. The predicted octanol–water partition coefficient (Wildman–Crippen LogP) is 22.6. The predicted molar refractivity (Wildman–Crippen MR) is 391 cm³/mol. The lowest BCUT2D eigenvalue weighted by Gasteiger charge is -2.21. The SMILES string of the molecule is CCCCCCCCCCCCCCCCC(=O)O[C@H](COC(=O)CCCCCCCCCCCC(C)C)COP(=O)(O)OC[C@H](O)COP(=O)(O)OC[C@@H](COC(=O)CCCCCCCCCCCCCC(C)C)OC(=O)CCCCCCCCCCCCCCCC(C)C. The van der Waals surface area contributed by atoms with E-state index in [0.29, 0.717) is 25.7 Å². The molecule has 0 radical (unpaired) electrons. The van der Waals surface area contributed by atoms with E-state index in [-0.39, 0.29) is 25.7 Å². The molecule has 0 heterocycles. The molecular weight excluding hydrogens is 1260 g/mol. The van der Waals surface area contributed by atoms with Gasteiger partial charge in [-0.2, -0.15) is 0 Å². The first-order valence-electron chi connectivity index (χ1n) is 39.8. The summed E-state index contributed by atoms with van der Waals surface area (Å²) in [5, 5.41) is 10.6. The van der Waals surface area contributed by atoms with Crippen molar-refractivity contribution < 1.29 is 80.2 Å². The van der Waals surface area contributed by atoms with Crippen LogP contribution in [0.2, 0.25) is 0 Å². The van der Waals surface area contributed by atoms with Crippen molar-refractivity contribution in [1.29, 1.82) is 0 Å². The molecule has 0 amide bonds. The van der Waals surface area contributed by atoms with Gasteiger partial charge in [-0.3, -0.25) is 37.3 Å². The fourth-order valence-corrected chi connectivity index (χ4v) is 13.4. The van der Waals surface area contributed by atoms with E-state index in [9.17, 15) is 43.2 Å².